The van der Waals surface area contributed by atoms with Crippen LogP contribution >= 0.6 is 0 Å². The molecule has 0 radical (unpaired) electrons. The van der Waals surface area contributed by atoms with Crippen LogP contribution in [0.15, 0.2) is 146 Å². The van der Waals surface area contributed by atoms with Crippen LogP contribution in [0.25, 0.3) is 10.9 Å². The molecule has 1 aromatic heterocycles. The summed E-state index contributed by atoms with van der Waals surface area (Å²) in [6.45, 7) is 1.85. The number of amides is 1. The van der Waals surface area contributed by atoms with E-state index < -0.39 is 54.6 Å². The fourth-order valence-corrected chi connectivity index (χ4v) is 7.48. The van der Waals surface area contributed by atoms with Crippen LogP contribution in [0.2, 0.25) is 0 Å². The van der Waals surface area contributed by atoms with Crippen molar-refractivity contribution in [3.8, 4) is 0 Å². The molecule has 0 spiro atoms. The van der Waals surface area contributed by atoms with E-state index in [9.17, 15) is 14.4 Å². The molecule has 0 unspecified atom stereocenters. The molecule has 1 saturated heterocycles. The summed E-state index contributed by atoms with van der Waals surface area (Å²) in [5.41, 5.74) is 5.59. The zero-order valence-electron chi connectivity index (χ0n) is 34.1. The summed E-state index contributed by atoms with van der Waals surface area (Å²) in [6.07, 6.45) is -4.91. The lowest BCUT2D eigenvalue weighted by Crippen LogP contribution is -2.58. The van der Waals surface area contributed by atoms with Gasteiger partial charge in [0.1, 0.15) is 49.8 Å². The largest absolute Gasteiger partial charge is 0.467 e. The molecule has 316 valence electrons. The van der Waals surface area contributed by atoms with Crippen molar-refractivity contribution < 1.29 is 47.5 Å². The van der Waals surface area contributed by atoms with E-state index in [1.807, 2.05) is 146 Å². The molecule has 12 nitrogen and oxygen atoms in total. The number of hydrogen-bond donors (Lipinski definition) is 2. The predicted molar refractivity (Wildman–Crippen MR) is 227 cm³/mol. The highest BCUT2D eigenvalue weighted by molar-refractivity contribution is 5.87. The van der Waals surface area contributed by atoms with E-state index in [2.05, 4.69) is 10.3 Å². The molecule has 0 saturated carbocycles. The molecule has 1 amide bonds. The first kappa shape index (κ1) is 42.8. The Hall–Kier alpha value is -6.31. The van der Waals surface area contributed by atoms with Gasteiger partial charge in [0.2, 0.25) is 0 Å². The van der Waals surface area contributed by atoms with Crippen LogP contribution in [0.3, 0.4) is 0 Å². The molecule has 6 atom stereocenters. The van der Waals surface area contributed by atoms with Crippen molar-refractivity contribution in [1.29, 1.82) is 0 Å². The summed E-state index contributed by atoms with van der Waals surface area (Å²) >= 11 is 0. The van der Waals surface area contributed by atoms with Gasteiger partial charge in [-0.25, -0.2) is 9.59 Å². The van der Waals surface area contributed by atoms with Gasteiger partial charge >= 0.3 is 18.0 Å². The Balaban J connectivity index is 1.29. The van der Waals surface area contributed by atoms with Crippen LogP contribution in [-0.2, 0) is 75.6 Å². The number of nitrogens with one attached hydrogen (secondary N) is 2. The van der Waals surface area contributed by atoms with Gasteiger partial charge in [0.15, 0.2) is 0 Å². The maximum Gasteiger partial charge on any atom is 0.408 e. The molecule has 12 heteroatoms. The smallest absolute Gasteiger partial charge is 0.408 e. The normalized spacial score (nSPS) is 19.1. The Bertz CT molecular complexity index is 2310. The molecule has 2 heterocycles. The first-order valence-corrected chi connectivity index (χ1v) is 20.3. The second-order valence-corrected chi connectivity index (χ2v) is 14.7. The van der Waals surface area contributed by atoms with Crippen LogP contribution in [0.4, 0.5) is 4.79 Å². The zero-order valence-corrected chi connectivity index (χ0v) is 34.1. The topological polar surface area (TPSA) is 144 Å². The summed E-state index contributed by atoms with van der Waals surface area (Å²) in [6, 6.07) is 45.1. The number of aromatic nitrogens is 1. The van der Waals surface area contributed by atoms with Crippen molar-refractivity contribution in [3.63, 3.8) is 0 Å². The maximum absolute atomic E-state index is 13.5. The minimum absolute atomic E-state index is 0.00416. The van der Waals surface area contributed by atoms with Gasteiger partial charge < -0.3 is 43.5 Å². The Labute approximate surface area is 355 Å². The van der Waals surface area contributed by atoms with E-state index >= 15 is 0 Å². The van der Waals surface area contributed by atoms with Gasteiger partial charge in [-0.15, -0.1) is 0 Å². The Morgan fingerprint density at radius 1 is 0.623 bits per heavy atom. The third-order valence-electron chi connectivity index (χ3n) is 10.5. The van der Waals surface area contributed by atoms with Gasteiger partial charge in [-0.2, -0.15) is 0 Å². The lowest BCUT2D eigenvalue weighted by atomic mass is 9.89. The SMILES string of the molecule is COC(=O)[C@H](Cc1c([C@H]2O[C@H](COC(C)=O)[C@@H](OCc3ccccc3)[C@H](OCc3ccccc3)[C@@H]2OCc2ccccc2)[nH]c2ccccc12)NC(=O)OCc1ccccc1. The third-order valence-corrected chi connectivity index (χ3v) is 10.5. The van der Waals surface area contributed by atoms with E-state index in [0.29, 0.717) is 11.3 Å². The summed E-state index contributed by atoms with van der Waals surface area (Å²) in [5, 5.41) is 3.52. The van der Waals surface area contributed by atoms with Gasteiger partial charge in [-0.05, 0) is 33.9 Å². The second kappa shape index (κ2) is 21.3. The van der Waals surface area contributed by atoms with Crippen molar-refractivity contribution in [1.82, 2.24) is 10.3 Å². The quantitative estimate of drug-likeness (QED) is 0.0648. The average Bonchev–Trinajstić information content (AvgIpc) is 3.66. The molecule has 1 fully saturated rings. The van der Waals surface area contributed by atoms with E-state index in [1.54, 1.807) is 0 Å². The minimum Gasteiger partial charge on any atom is -0.467 e. The molecule has 5 aromatic carbocycles. The standard InChI is InChI=1S/C49H50N2O10/c1-33(52)56-32-42-44(57-28-34-17-7-3-8-18-34)46(58-29-35-19-9-4-10-20-35)47(59-30-36-21-11-5-12-22-36)45(61-42)43-39(38-25-15-16-26-40(38)50-43)27-41(48(53)55-2)51-49(54)60-31-37-23-13-6-14-24-37/h3-26,41-42,44-47,50H,27-32H2,1-2H3,(H,51,54)/t41-,42+,44+,45+,46-,47+/m0/s1. The monoisotopic (exact) mass is 826 g/mol. The number of alkyl carbamates (subject to hydrolysis) is 1. The number of ether oxygens (including phenoxy) is 7. The number of H-pyrrole nitrogens is 1. The first-order chi connectivity index (χ1) is 29.9. The summed E-state index contributed by atoms with van der Waals surface area (Å²) < 4.78 is 44.0. The van der Waals surface area contributed by atoms with Crippen molar-refractivity contribution in [3.05, 3.63) is 179 Å². The number of fused-ring (bicyclic) bond motifs is 1. The molecule has 7 rings (SSSR count). The van der Waals surface area contributed by atoms with E-state index in [4.69, 9.17) is 33.2 Å². The number of rotatable bonds is 18. The number of carbonyl (C=O) groups is 3. The molecule has 0 bridgehead atoms. The fraction of sp³-hybridized carbons (Fsp3) is 0.286. The van der Waals surface area contributed by atoms with Crippen LogP contribution in [0.5, 0.6) is 0 Å². The van der Waals surface area contributed by atoms with Crippen molar-refractivity contribution in [2.24, 2.45) is 0 Å². The van der Waals surface area contributed by atoms with Crippen molar-refractivity contribution in [2.45, 2.75) is 76.3 Å². The molecule has 1 aliphatic heterocycles. The Morgan fingerprint density at radius 3 is 1.66 bits per heavy atom. The third kappa shape index (κ3) is 11.5. The number of methoxy groups -OCH3 is 1. The molecular weight excluding hydrogens is 777 g/mol. The molecule has 2 N–H and O–H groups in total. The highest BCUT2D eigenvalue weighted by Crippen LogP contribution is 2.41. The Kier molecular flexibility index (Phi) is 14.9. The molecule has 1 aliphatic rings. The average molecular weight is 827 g/mol. The fourth-order valence-electron chi connectivity index (χ4n) is 7.48. The molecule has 0 aliphatic carbocycles. The predicted octanol–water partition coefficient (Wildman–Crippen LogP) is 7.94. The van der Waals surface area contributed by atoms with Crippen LogP contribution in [0, 0.1) is 0 Å². The number of para-hydroxylation sites is 1. The Morgan fingerprint density at radius 2 is 1.11 bits per heavy atom. The van der Waals surface area contributed by atoms with Gasteiger partial charge in [0.25, 0.3) is 0 Å². The number of esters is 2. The summed E-state index contributed by atoms with van der Waals surface area (Å²) in [7, 11) is 1.27. The molecule has 61 heavy (non-hydrogen) atoms. The lowest BCUT2D eigenvalue weighted by molar-refractivity contribution is -0.274. The first-order valence-electron chi connectivity index (χ1n) is 20.3. The zero-order chi connectivity index (χ0) is 42.4. The number of carbonyl (C=O) groups excluding carboxylic acids is 3. The highest BCUT2D eigenvalue weighted by Gasteiger charge is 2.50. The lowest BCUT2D eigenvalue weighted by Gasteiger charge is -2.46. The van der Waals surface area contributed by atoms with Crippen LogP contribution in [0.1, 0.15) is 46.5 Å². The van der Waals surface area contributed by atoms with Crippen molar-refractivity contribution >= 4 is 28.9 Å². The minimum atomic E-state index is -1.15. The van der Waals surface area contributed by atoms with Crippen LogP contribution < -0.4 is 5.32 Å². The van der Waals surface area contributed by atoms with Gasteiger partial charge in [0, 0.05) is 24.2 Å². The second-order valence-electron chi connectivity index (χ2n) is 14.7. The van der Waals surface area contributed by atoms with Crippen LogP contribution in [-0.4, -0.2) is 67.2 Å². The number of benzene rings is 5. The van der Waals surface area contributed by atoms with E-state index in [1.165, 1.54) is 14.0 Å². The van der Waals surface area contributed by atoms with E-state index in [-0.39, 0.29) is 39.5 Å². The molecule has 6 aromatic rings. The summed E-state index contributed by atoms with van der Waals surface area (Å²) in [5.74, 6) is -1.15. The van der Waals surface area contributed by atoms with E-state index in [0.717, 1.165) is 33.2 Å². The summed E-state index contributed by atoms with van der Waals surface area (Å²) in [4.78, 5) is 42.6. The van der Waals surface area contributed by atoms with Crippen molar-refractivity contribution in [2.75, 3.05) is 13.7 Å². The number of aromatic amines is 1. The van der Waals surface area contributed by atoms with Gasteiger partial charge in [-0.3, -0.25) is 4.79 Å². The van der Waals surface area contributed by atoms with Gasteiger partial charge in [0.05, 0.1) is 32.6 Å². The van der Waals surface area contributed by atoms with Gasteiger partial charge in [-0.1, -0.05) is 140 Å². The highest BCUT2D eigenvalue weighted by atomic mass is 16.6. The number of hydrogen-bond acceptors (Lipinski definition) is 10. The molecular formula is C49H50N2O10. The maximum atomic E-state index is 13.5.